The molecule has 0 N–H and O–H groups in total. The van der Waals surface area contributed by atoms with Crippen molar-refractivity contribution in [2.45, 2.75) is 38.4 Å². The number of hydrogen-bond acceptors (Lipinski definition) is 6. The van der Waals surface area contributed by atoms with Crippen LogP contribution in [0.3, 0.4) is 0 Å². The van der Waals surface area contributed by atoms with E-state index in [1.54, 1.807) is 25.2 Å². The van der Waals surface area contributed by atoms with Crippen LogP contribution in [0.1, 0.15) is 37.6 Å². The van der Waals surface area contributed by atoms with E-state index in [4.69, 9.17) is 16.3 Å². The number of anilines is 1. The maximum absolute atomic E-state index is 14.2. The molecular weight excluding hydrogens is 457 g/mol. The lowest BCUT2D eigenvalue weighted by Crippen LogP contribution is -2.61. The van der Waals surface area contributed by atoms with E-state index in [0.29, 0.717) is 36.4 Å². The fraction of sp³-hybridized carbons (Fsp3) is 0.400. The second-order valence-electron chi connectivity index (χ2n) is 8.98. The van der Waals surface area contributed by atoms with Gasteiger partial charge < -0.3 is 14.2 Å². The molecule has 0 bridgehead atoms. The number of nitrogens with zero attached hydrogens (tertiary/aromatic N) is 5. The molecule has 2 aliphatic rings. The number of aromatic nitrogens is 2. The third-order valence-corrected chi connectivity index (χ3v) is 7.31. The maximum Gasteiger partial charge on any atom is 0.295 e. The molecule has 0 unspecified atom stereocenters. The zero-order valence-corrected chi connectivity index (χ0v) is 20.0. The van der Waals surface area contributed by atoms with Crippen LogP contribution in [0.15, 0.2) is 35.1 Å². The standard InChI is InChI=1S/C25H25ClFN5O2/c1-4-20(15-5-7-18(26)19(27)9-15)31-12-17-13-34-24-23(32(17)11-14(31)2)22-21(30(3)25(24)33)8-6-16(10-28)29-22/h5-9,14,17,20H,4,11-13H2,1-3H3/t14-,17+,20-/m1/s1. The maximum atomic E-state index is 14.2. The van der Waals surface area contributed by atoms with E-state index in [2.05, 4.69) is 34.7 Å². The number of piperazine rings is 1. The minimum absolute atomic E-state index is 0.0160. The summed E-state index contributed by atoms with van der Waals surface area (Å²) >= 11 is 5.91. The Hall–Kier alpha value is -3.15. The van der Waals surface area contributed by atoms with Crippen LogP contribution in [0.5, 0.6) is 5.75 Å². The molecule has 0 aliphatic carbocycles. The zero-order chi connectivity index (χ0) is 24.1. The van der Waals surface area contributed by atoms with E-state index >= 15 is 0 Å². The summed E-state index contributed by atoms with van der Waals surface area (Å²) in [5.41, 5.74) is 2.87. The Morgan fingerprint density at radius 1 is 1.32 bits per heavy atom. The Morgan fingerprint density at radius 3 is 2.82 bits per heavy atom. The SMILES string of the molecule is CC[C@H](c1ccc(Cl)c(F)c1)N1C[C@H]2COc3c(c4nc(C#N)ccc4n(C)c3=O)N2C[C@H]1C. The Bertz CT molecular complexity index is 1380. The number of fused-ring (bicyclic) bond motifs is 5. The minimum Gasteiger partial charge on any atom is -0.484 e. The number of aryl methyl sites for hydroxylation is 1. The second-order valence-corrected chi connectivity index (χ2v) is 9.39. The first-order valence-electron chi connectivity index (χ1n) is 11.4. The van der Waals surface area contributed by atoms with Gasteiger partial charge in [-0.3, -0.25) is 9.69 Å². The summed E-state index contributed by atoms with van der Waals surface area (Å²) in [5, 5.41) is 9.52. The summed E-state index contributed by atoms with van der Waals surface area (Å²) < 4.78 is 21.8. The first-order chi connectivity index (χ1) is 16.3. The van der Waals surface area contributed by atoms with Gasteiger partial charge in [-0.25, -0.2) is 9.37 Å². The molecule has 1 aromatic carbocycles. The van der Waals surface area contributed by atoms with Gasteiger partial charge in [0.25, 0.3) is 5.56 Å². The first kappa shape index (κ1) is 22.6. The Balaban J connectivity index is 1.56. The van der Waals surface area contributed by atoms with Gasteiger partial charge in [-0.05, 0) is 43.2 Å². The van der Waals surface area contributed by atoms with Crippen LogP contribution >= 0.6 is 11.6 Å². The molecule has 5 rings (SSSR count). The van der Waals surface area contributed by atoms with Crippen LogP contribution in [-0.2, 0) is 7.05 Å². The molecule has 2 aromatic heterocycles. The summed E-state index contributed by atoms with van der Waals surface area (Å²) in [4.78, 5) is 22.2. The van der Waals surface area contributed by atoms with Gasteiger partial charge in [0.2, 0.25) is 5.75 Å². The number of nitriles is 1. The van der Waals surface area contributed by atoms with Crippen molar-refractivity contribution in [3.05, 3.63) is 62.8 Å². The molecule has 1 saturated heterocycles. The molecule has 1 fully saturated rings. The van der Waals surface area contributed by atoms with Crippen molar-refractivity contribution in [2.75, 3.05) is 24.6 Å². The molecule has 3 aromatic rings. The lowest BCUT2D eigenvalue weighted by atomic mass is 9.96. The number of ether oxygens (including phenoxy) is 1. The van der Waals surface area contributed by atoms with E-state index in [9.17, 15) is 14.4 Å². The normalized spacial score (nSPS) is 20.9. The fourth-order valence-electron chi connectivity index (χ4n) is 5.30. The lowest BCUT2D eigenvalue weighted by Gasteiger charge is -2.50. The van der Waals surface area contributed by atoms with Crippen molar-refractivity contribution in [1.29, 1.82) is 5.26 Å². The van der Waals surface area contributed by atoms with Crippen LogP contribution in [0.2, 0.25) is 5.02 Å². The van der Waals surface area contributed by atoms with E-state index in [1.807, 2.05) is 6.07 Å². The Kier molecular flexibility index (Phi) is 5.70. The summed E-state index contributed by atoms with van der Waals surface area (Å²) in [6.45, 7) is 5.91. The Labute approximate surface area is 201 Å². The van der Waals surface area contributed by atoms with Crippen molar-refractivity contribution >= 4 is 28.3 Å². The van der Waals surface area contributed by atoms with Crippen LogP contribution in [0.25, 0.3) is 11.0 Å². The van der Waals surface area contributed by atoms with Gasteiger partial charge in [-0.1, -0.05) is 24.6 Å². The molecule has 4 heterocycles. The highest BCUT2D eigenvalue weighted by Crippen LogP contribution is 2.40. The monoisotopic (exact) mass is 481 g/mol. The van der Waals surface area contributed by atoms with Crippen molar-refractivity contribution in [3.8, 4) is 11.8 Å². The van der Waals surface area contributed by atoms with Gasteiger partial charge in [0.05, 0.1) is 16.6 Å². The molecule has 176 valence electrons. The van der Waals surface area contributed by atoms with Gasteiger partial charge in [-0.2, -0.15) is 5.26 Å². The van der Waals surface area contributed by atoms with Crippen LogP contribution < -0.4 is 15.2 Å². The average Bonchev–Trinajstić information content (AvgIpc) is 2.84. The quantitative estimate of drug-likeness (QED) is 0.562. The summed E-state index contributed by atoms with van der Waals surface area (Å²) in [6.07, 6.45) is 0.812. The molecule has 0 spiro atoms. The summed E-state index contributed by atoms with van der Waals surface area (Å²) in [5.74, 6) is -0.137. The van der Waals surface area contributed by atoms with Crippen molar-refractivity contribution in [1.82, 2.24) is 14.5 Å². The number of benzene rings is 1. The molecule has 7 nitrogen and oxygen atoms in total. The van der Waals surface area contributed by atoms with Gasteiger partial charge >= 0.3 is 0 Å². The highest BCUT2D eigenvalue weighted by Gasteiger charge is 2.41. The van der Waals surface area contributed by atoms with Crippen LogP contribution in [0.4, 0.5) is 10.1 Å². The van der Waals surface area contributed by atoms with Crippen LogP contribution in [-0.4, -0.2) is 46.2 Å². The highest BCUT2D eigenvalue weighted by molar-refractivity contribution is 6.30. The topological polar surface area (TPSA) is 74.4 Å². The second kappa shape index (κ2) is 8.57. The van der Waals surface area contributed by atoms with Gasteiger partial charge in [0.15, 0.2) is 0 Å². The van der Waals surface area contributed by atoms with E-state index in [-0.39, 0.29) is 40.2 Å². The Morgan fingerprint density at radius 2 is 2.12 bits per heavy atom. The third kappa shape index (κ3) is 3.51. The van der Waals surface area contributed by atoms with E-state index in [1.165, 1.54) is 10.6 Å². The molecule has 9 heteroatoms. The number of rotatable bonds is 3. The van der Waals surface area contributed by atoms with Crippen molar-refractivity contribution < 1.29 is 9.13 Å². The molecule has 0 radical (unpaired) electrons. The van der Waals surface area contributed by atoms with Gasteiger partial charge in [-0.15, -0.1) is 0 Å². The summed E-state index contributed by atoms with van der Waals surface area (Å²) in [6, 6.07) is 10.6. The zero-order valence-electron chi connectivity index (χ0n) is 19.3. The fourth-order valence-corrected chi connectivity index (χ4v) is 5.42. The van der Waals surface area contributed by atoms with Crippen LogP contribution in [0, 0.1) is 17.1 Å². The number of hydrogen-bond donors (Lipinski definition) is 0. The number of pyridine rings is 2. The van der Waals surface area contributed by atoms with Crippen molar-refractivity contribution in [3.63, 3.8) is 0 Å². The lowest BCUT2D eigenvalue weighted by molar-refractivity contribution is 0.0822. The molecular formula is C25H25ClFN5O2. The average molecular weight is 482 g/mol. The smallest absolute Gasteiger partial charge is 0.295 e. The molecule has 2 aliphatic heterocycles. The largest absolute Gasteiger partial charge is 0.484 e. The van der Waals surface area contributed by atoms with Gasteiger partial charge in [0.1, 0.15) is 35.4 Å². The number of halogens is 2. The predicted octanol–water partition coefficient (Wildman–Crippen LogP) is 4.02. The highest BCUT2D eigenvalue weighted by atomic mass is 35.5. The molecule has 34 heavy (non-hydrogen) atoms. The minimum atomic E-state index is -0.416. The molecule has 3 atom stereocenters. The molecule has 0 amide bonds. The van der Waals surface area contributed by atoms with E-state index in [0.717, 1.165) is 12.0 Å². The summed E-state index contributed by atoms with van der Waals surface area (Å²) in [7, 11) is 1.69. The van der Waals surface area contributed by atoms with Gasteiger partial charge in [0, 0.05) is 32.2 Å². The van der Waals surface area contributed by atoms with Crippen molar-refractivity contribution in [2.24, 2.45) is 7.05 Å². The third-order valence-electron chi connectivity index (χ3n) is 7.00. The molecule has 0 saturated carbocycles. The first-order valence-corrected chi connectivity index (χ1v) is 11.8. The van der Waals surface area contributed by atoms with E-state index < -0.39 is 5.82 Å². The predicted molar refractivity (Wildman–Crippen MR) is 129 cm³/mol.